The molecule has 0 aliphatic heterocycles. The molecule has 0 aromatic heterocycles. The first kappa shape index (κ1) is 16.9. The summed E-state index contributed by atoms with van der Waals surface area (Å²) < 4.78 is 0. The van der Waals surface area contributed by atoms with Crippen molar-refractivity contribution in [1.29, 1.82) is 0 Å². The van der Waals surface area contributed by atoms with E-state index in [9.17, 15) is 4.79 Å². The molecular formula is C20H24N2O. The fourth-order valence-corrected chi connectivity index (χ4v) is 2.16. The van der Waals surface area contributed by atoms with Crippen LogP contribution in [0, 0.1) is 5.41 Å². The second-order valence-corrected chi connectivity index (χ2v) is 6.68. The first-order chi connectivity index (χ1) is 10.9. The van der Waals surface area contributed by atoms with Gasteiger partial charge in [-0.2, -0.15) is 5.10 Å². The van der Waals surface area contributed by atoms with Crippen LogP contribution in [0.15, 0.2) is 65.8 Å². The van der Waals surface area contributed by atoms with Gasteiger partial charge in [-0.1, -0.05) is 81.4 Å². The van der Waals surface area contributed by atoms with Crippen molar-refractivity contribution in [2.24, 2.45) is 10.5 Å². The molecule has 0 unspecified atom stereocenters. The minimum Gasteiger partial charge on any atom is -0.272 e. The Balaban J connectivity index is 2.30. The molecule has 0 saturated carbocycles. The maximum absolute atomic E-state index is 12.8. The van der Waals surface area contributed by atoms with Crippen LogP contribution in [-0.4, -0.2) is 11.6 Å². The van der Waals surface area contributed by atoms with E-state index in [2.05, 4.69) is 31.3 Å². The highest BCUT2D eigenvalue weighted by Gasteiger charge is 2.23. The number of amides is 1. The van der Waals surface area contributed by atoms with Crippen molar-refractivity contribution in [3.05, 3.63) is 71.8 Å². The molecule has 0 heterocycles. The van der Waals surface area contributed by atoms with Crippen molar-refractivity contribution < 1.29 is 4.79 Å². The van der Waals surface area contributed by atoms with Gasteiger partial charge in [0.05, 0.1) is 5.92 Å². The smallest absolute Gasteiger partial charge is 0.252 e. The molecule has 2 aromatic carbocycles. The molecule has 23 heavy (non-hydrogen) atoms. The standard InChI is InChI=1S/C20H24N2O/c1-15(20(2,3)4)21-22-19(23)18(16-11-7-5-8-12-16)17-13-9-6-10-14-17/h5-14,18H,1-4H3,(H,22,23)/b21-15+. The Labute approximate surface area is 138 Å². The van der Waals surface area contributed by atoms with Crippen molar-refractivity contribution in [3.8, 4) is 0 Å². The Morgan fingerprint density at radius 3 is 1.74 bits per heavy atom. The van der Waals surface area contributed by atoms with Crippen molar-refractivity contribution in [1.82, 2.24) is 5.43 Å². The van der Waals surface area contributed by atoms with E-state index >= 15 is 0 Å². The molecule has 0 spiro atoms. The topological polar surface area (TPSA) is 41.5 Å². The third-order valence-electron chi connectivity index (χ3n) is 3.95. The first-order valence-corrected chi connectivity index (χ1v) is 7.84. The fourth-order valence-electron chi connectivity index (χ4n) is 2.16. The summed E-state index contributed by atoms with van der Waals surface area (Å²) in [4.78, 5) is 12.8. The number of hydrazone groups is 1. The average Bonchev–Trinajstić information content (AvgIpc) is 2.54. The van der Waals surface area contributed by atoms with E-state index in [1.165, 1.54) is 0 Å². The summed E-state index contributed by atoms with van der Waals surface area (Å²) in [6, 6.07) is 19.6. The van der Waals surface area contributed by atoms with Crippen LogP contribution in [0.3, 0.4) is 0 Å². The number of benzene rings is 2. The van der Waals surface area contributed by atoms with Gasteiger partial charge in [-0.25, -0.2) is 5.43 Å². The zero-order valence-electron chi connectivity index (χ0n) is 14.2. The van der Waals surface area contributed by atoms with Crippen LogP contribution in [0.25, 0.3) is 0 Å². The largest absolute Gasteiger partial charge is 0.272 e. The monoisotopic (exact) mass is 308 g/mol. The Kier molecular flexibility index (Phi) is 5.32. The first-order valence-electron chi connectivity index (χ1n) is 7.84. The molecule has 120 valence electrons. The molecule has 0 saturated heterocycles. The van der Waals surface area contributed by atoms with Gasteiger partial charge in [0, 0.05) is 11.1 Å². The van der Waals surface area contributed by atoms with E-state index in [0.29, 0.717) is 0 Å². The van der Waals surface area contributed by atoms with Gasteiger partial charge in [0.25, 0.3) is 5.91 Å². The molecule has 3 heteroatoms. The van der Waals surface area contributed by atoms with Crippen molar-refractivity contribution in [3.63, 3.8) is 0 Å². The van der Waals surface area contributed by atoms with Gasteiger partial charge in [-0.05, 0) is 18.1 Å². The lowest BCUT2D eigenvalue weighted by molar-refractivity contribution is -0.121. The van der Waals surface area contributed by atoms with Crippen LogP contribution in [0.4, 0.5) is 0 Å². The van der Waals surface area contributed by atoms with Gasteiger partial charge >= 0.3 is 0 Å². The molecule has 2 rings (SSSR count). The highest BCUT2D eigenvalue weighted by Crippen LogP contribution is 2.25. The van der Waals surface area contributed by atoms with E-state index in [4.69, 9.17) is 0 Å². The Hall–Kier alpha value is -2.42. The summed E-state index contributed by atoms with van der Waals surface area (Å²) in [6.07, 6.45) is 0. The molecule has 0 radical (unpaired) electrons. The van der Waals surface area contributed by atoms with Crippen LogP contribution in [-0.2, 0) is 4.79 Å². The molecule has 0 aliphatic rings. The Bertz CT molecular complexity index is 630. The highest BCUT2D eigenvalue weighted by atomic mass is 16.2. The van der Waals surface area contributed by atoms with Crippen LogP contribution in [0.5, 0.6) is 0 Å². The quantitative estimate of drug-likeness (QED) is 0.662. The minimum atomic E-state index is -0.367. The number of rotatable bonds is 4. The van der Waals surface area contributed by atoms with E-state index in [1.54, 1.807) is 0 Å². The molecule has 2 aromatic rings. The van der Waals surface area contributed by atoms with Crippen molar-refractivity contribution >= 4 is 11.6 Å². The molecule has 0 atom stereocenters. The molecule has 1 N–H and O–H groups in total. The van der Waals surface area contributed by atoms with Crippen LogP contribution < -0.4 is 5.43 Å². The maximum Gasteiger partial charge on any atom is 0.252 e. The summed E-state index contributed by atoms with van der Waals surface area (Å²) >= 11 is 0. The number of carbonyl (C=O) groups excluding carboxylic acids is 1. The molecule has 0 fully saturated rings. The molecule has 0 bridgehead atoms. The lowest BCUT2D eigenvalue weighted by atomic mass is 9.90. The van der Waals surface area contributed by atoms with E-state index < -0.39 is 0 Å². The van der Waals surface area contributed by atoms with Gasteiger partial charge in [0.1, 0.15) is 0 Å². The average molecular weight is 308 g/mol. The van der Waals surface area contributed by atoms with Gasteiger partial charge in [0.15, 0.2) is 0 Å². The third-order valence-corrected chi connectivity index (χ3v) is 3.95. The van der Waals surface area contributed by atoms with E-state index in [-0.39, 0.29) is 17.2 Å². The lowest BCUT2D eigenvalue weighted by Gasteiger charge is -2.20. The van der Waals surface area contributed by atoms with Crippen LogP contribution >= 0.6 is 0 Å². The molecule has 0 aliphatic carbocycles. The number of nitrogens with one attached hydrogen (secondary N) is 1. The number of hydrogen-bond acceptors (Lipinski definition) is 2. The van der Waals surface area contributed by atoms with Crippen molar-refractivity contribution in [2.45, 2.75) is 33.6 Å². The number of carbonyl (C=O) groups is 1. The third kappa shape index (κ3) is 4.52. The van der Waals surface area contributed by atoms with E-state index in [1.807, 2.05) is 67.6 Å². The second kappa shape index (κ2) is 7.23. The van der Waals surface area contributed by atoms with Crippen LogP contribution in [0.2, 0.25) is 0 Å². The van der Waals surface area contributed by atoms with Crippen LogP contribution in [0.1, 0.15) is 44.7 Å². The zero-order chi connectivity index (χ0) is 16.9. The van der Waals surface area contributed by atoms with E-state index in [0.717, 1.165) is 16.8 Å². The van der Waals surface area contributed by atoms with Gasteiger partial charge in [0.2, 0.25) is 0 Å². The minimum absolute atomic E-state index is 0.0672. The molecular weight excluding hydrogens is 284 g/mol. The van der Waals surface area contributed by atoms with Gasteiger partial charge in [-0.3, -0.25) is 4.79 Å². The number of hydrogen-bond donors (Lipinski definition) is 1. The Morgan fingerprint density at radius 2 is 1.35 bits per heavy atom. The predicted octanol–water partition coefficient (Wildman–Crippen LogP) is 4.36. The zero-order valence-corrected chi connectivity index (χ0v) is 14.2. The second-order valence-electron chi connectivity index (χ2n) is 6.68. The Morgan fingerprint density at radius 1 is 0.913 bits per heavy atom. The normalized spacial score (nSPS) is 12.3. The predicted molar refractivity (Wildman–Crippen MR) is 95.4 cm³/mol. The summed E-state index contributed by atoms with van der Waals surface area (Å²) in [6.45, 7) is 8.15. The van der Waals surface area contributed by atoms with Gasteiger partial charge < -0.3 is 0 Å². The summed E-state index contributed by atoms with van der Waals surface area (Å²) in [5.41, 5.74) is 5.48. The summed E-state index contributed by atoms with van der Waals surface area (Å²) in [5.74, 6) is -0.486. The van der Waals surface area contributed by atoms with Gasteiger partial charge in [-0.15, -0.1) is 0 Å². The lowest BCUT2D eigenvalue weighted by Crippen LogP contribution is -2.29. The summed E-state index contributed by atoms with van der Waals surface area (Å²) in [7, 11) is 0. The maximum atomic E-state index is 12.8. The SMILES string of the molecule is C/C(=N\NC(=O)C(c1ccccc1)c1ccccc1)C(C)(C)C. The molecule has 1 amide bonds. The number of nitrogens with zero attached hydrogens (tertiary/aromatic N) is 1. The summed E-state index contributed by atoms with van der Waals surface area (Å²) in [5, 5.41) is 4.28. The van der Waals surface area contributed by atoms with Crippen molar-refractivity contribution in [2.75, 3.05) is 0 Å². The highest BCUT2D eigenvalue weighted by molar-refractivity contribution is 5.91. The fraction of sp³-hybridized carbons (Fsp3) is 0.300. The molecule has 3 nitrogen and oxygen atoms in total.